The molecule has 2 nitrogen and oxygen atoms in total. The van der Waals surface area contributed by atoms with Crippen LogP contribution in [0.25, 0.3) is 10.9 Å². The molecular weight excluding hydrogens is 292 g/mol. The molecule has 2 heteroatoms. The Labute approximate surface area is 146 Å². The van der Waals surface area contributed by atoms with Crippen molar-refractivity contribution in [2.24, 2.45) is 10.4 Å². The number of hydrogen-bond donors (Lipinski definition) is 0. The van der Waals surface area contributed by atoms with Crippen molar-refractivity contribution in [2.45, 2.75) is 72.8 Å². The highest BCUT2D eigenvalue weighted by Gasteiger charge is 2.33. The molecular formula is C22H30N2. The van der Waals surface area contributed by atoms with E-state index in [4.69, 9.17) is 9.98 Å². The molecule has 0 bridgehead atoms. The first-order valence-corrected chi connectivity index (χ1v) is 9.32. The Kier molecular flexibility index (Phi) is 4.76. The summed E-state index contributed by atoms with van der Waals surface area (Å²) in [6.45, 7) is 11.1. The van der Waals surface area contributed by atoms with E-state index in [9.17, 15) is 0 Å². The summed E-state index contributed by atoms with van der Waals surface area (Å²) in [5.41, 5.74) is 6.49. The van der Waals surface area contributed by atoms with E-state index in [0.717, 1.165) is 23.2 Å². The second-order valence-electron chi connectivity index (χ2n) is 7.95. The molecule has 1 aromatic carbocycles. The SMILES string of the molecule is CCC(CC1(C)CCC1)N=C(C)c1cnc2c(C)c(C)ccc2c1. The zero-order chi connectivity index (χ0) is 17.3. The Morgan fingerprint density at radius 2 is 2.04 bits per heavy atom. The zero-order valence-electron chi connectivity index (χ0n) is 15.8. The van der Waals surface area contributed by atoms with Gasteiger partial charge in [-0.1, -0.05) is 32.4 Å². The molecule has 1 heterocycles. The molecule has 1 atom stereocenters. The van der Waals surface area contributed by atoms with Crippen molar-refractivity contribution in [3.63, 3.8) is 0 Å². The average molecular weight is 322 g/mol. The predicted octanol–water partition coefficient (Wildman–Crippen LogP) is 6.02. The van der Waals surface area contributed by atoms with E-state index in [0.29, 0.717) is 11.5 Å². The smallest absolute Gasteiger partial charge is 0.0734 e. The summed E-state index contributed by atoms with van der Waals surface area (Å²) in [7, 11) is 0. The zero-order valence-corrected chi connectivity index (χ0v) is 15.8. The fraction of sp³-hybridized carbons (Fsp3) is 0.545. The van der Waals surface area contributed by atoms with Crippen LogP contribution < -0.4 is 0 Å². The number of rotatable bonds is 5. The van der Waals surface area contributed by atoms with Gasteiger partial charge in [0.05, 0.1) is 11.6 Å². The van der Waals surface area contributed by atoms with Gasteiger partial charge in [-0.15, -0.1) is 0 Å². The first-order valence-electron chi connectivity index (χ1n) is 9.32. The van der Waals surface area contributed by atoms with Gasteiger partial charge in [0.15, 0.2) is 0 Å². The maximum atomic E-state index is 5.06. The Bertz CT molecular complexity index is 769. The van der Waals surface area contributed by atoms with Crippen molar-refractivity contribution in [2.75, 3.05) is 0 Å². The van der Waals surface area contributed by atoms with Crippen molar-refractivity contribution in [3.05, 3.63) is 41.1 Å². The maximum Gasteiger partial charge on any atom is 0.0734 e. The first-order chi connectivity index (χ1) is 11.4. The summed E-state index contributed by atoms with van der Waals surface area (Å²) < 4.78 is 0. The van der Waals surface area contributed by atoms with Gasteiger partial charge >= 0.3 is 0 Å². The number of hydrogen-bond acceptors (Lipinski definition) is 2. The van der Waals surface area contributed by atoms with Gasteiger partial charge in [-0.3, -0.25) is 9.98 Å². The molecule has 0 aliphatic heterocycles. The summed E-state index contributed by atoms with van der Waals surface area (Å²) in [5, 5.41) is 1.21. The van der Waals surface area contributed by atoms with E-state index in [2.05, 4.69) is 52.8 Å². The van der Waals surface area contributed by atoms with Crippen LogP contribution in [0.2, 0.25) is 0 Å². The minimum absolute atomic E-state index is 0.436. The monoisotopic (exact) mass is 322 g/mol. The Morgan fingerprint density at radius 1 is 1.29 bits per heavy atom. The molecule has 2 aromatic rings. The summed E-state index contributed by atoms with van der Waals surface area (Å²) >= 11 is 0. The molecule has 1 saturated carbocycles. The molecule has 1 aliphatic carbocycles. The van der Waals surface area contributed by atoms with E-state index in [-0.39, 0.29) is 0 Å². The van der Waals surface area contributed by atoms with Gasteiger partial charge in [0.2, 0.25) is 0 Å². The quantitative estimate of drug-likeness (QED) is 0.618. The van der Waals surface area contributed by atoms with Gasteiger partial charge < -0.3 is 0 Å². The first kappa shape index (κ1) is 17.1. The number of fused-ring (bicyclic) bond motifs is 1. The fourth-order valence-electron chi connectivity index (χ4n) is 3.83. The fourth-order valence-corrected chi connectivity index (χ4v) is 3.83. The van der Waals surface area contributed by atoms with Crippen molar-refractivity contribution in [1.29, 1.82) is 0 Å². The standard InChI is InChI=1S/C22H30N2/c1-6-20(13-22(5)10-7-11-22)24-17(4)19-12-18-9-8-15(2)16(3)21(18)23-14-19/h8-9,12,14,20H,6-7,10-11,13H2,1-5H3. The number of aliphatic imine (C=N–C) groups is 1. The van der Waals surface area contributed by atoms with Gasteiger partial charge in [0.25, 0.3) is 0 Å². The normalized spacial score (nSPS) is 18.5. The Balaban J connectivity index is 1.86. The lowest BCUT2D eigenvalue weighted by atomic mass is 9.67. The molecule has 0 spiro atoms. The highest BCUT2D eigenvalue weighted by Crippen LogP contribution is 2.45. The van der Waals surface area contributed by atoms with Crippen LogP contribution in [0.5, 0.6) is 0 Å². The van der Waals surface area contributed by atoms with Crippen LogP contribution in [0.1, 0.15) is 69.6 Å². The molecule has 3 rings (SSSR count). The largest absolute Gasteiger partial charge is 0.286 e. The summed E-state index contributed by atoms with van der Waals surface area (Å²) in [6, 6.07) is 7.03. The lowest BCUT2D eigenvalue weighted by Gasteiger charge is -2.40. The third-order valence-corrected chi connectivity index (χ3v) is 5.93. The average Bonchev–Trinajstić information content (AvgIpc) is 2.55. The predicted molar refractivity (Wildman–Crippen MR) is 104 cm³/mol. The molecule has 128 valence electrons. The third kappa shape index (κ3) is 3.38. The summed E-state index contributed by atoms with van der Waals surface area (Å²) in [6.07, 6.45) is 8.46. The molecule has 0 radical (unpaired) electrons. The molecule has 1 fully saturated rings. The van der Waals surface area contributed by atoms with E-state index in [1.54, 1.807) is 0 Å². The highest BCUT2D eigenvalue weighted by atomic mass is 14.8. The molecule has 0 N–H and O–H groups in total. The van der Waals surface area contributed by atoms with E-state index in [1.165, 1.54) is 42.2 Å². The number of nitrogens with zero attached hydrogens (tertiary/aromatic N) is 2. The van der Waals surface area contributed by atoms with Crippen LogP contribution in [0, 0.1) is 19.3 Å². The van der Waals surface area contributed by atoms with Gasteiger partial charge in [-0.2, -0.15) is 0 Å². The van der Waals surface area contributed by atoms with Crippen molar-refractivity contribution >= 4 is 16.6 Å². The highest BCUT2D eigenvalue weighted by molar-refractivity contribution is 6.01. The number of aromatic nitrogens is 1. The molecule has 1 aliphatic rings. The number of benzene rings is 1. The molecule has 0 amide bonds. The molecule has 1 unspecified atom stereocenters. The van der Waals surface area contributed by atoms with E-state index >= 15 is 0 Å². The van der Waals surface area contributed by atoms with Crippen molar-refractivity contribution < 1.29 is 0 Å². The van der Waals surface area contributed by atoms with Crippen LogP contribution in [-0.4, -0.2) is 16.7 Å². The van der Waals surface area contributed by atoms with Crippen LogP contribution in [0.15, 0.2) is 29.4 Å². The van der Waals surface area contributed by atoms with E-state index in [1.807, 2.05) is 6.20 Å². The molecule has 1 aromatic heterocycles. The summed E-state index contributed by atoms with van der Waals surface area (Å²) in [4.78, 5) is 9.77. The van der Waals surface area contributed by atoms with Gasteiger partial charge in [-0.05, 0) is 69.1 Å². The van der Waals surface area contributed by atoms with Crippen LogP contribution >= 0.6 is 0 Å². The van der Waals surface area contributed by atoms with E-state index < -0.39 is 0 Å². The Hall–Kier alpha value is -1.70. The van der Waals surface area contributed by atoms with Gasteiger partial charge in [0.1, 0.15) is 0 Å². The van der Waals surface area contributed by atoms with Crippen molar-refractivity contribution in [1.82, 2.24) is 4.98 Å². The van der Waals surface area contributed by atoms with Crippen LogP contribution in [0.4, 0.5) is 0 Å². The molecule has 0 saturated heterocycles. The minimum Gasteiger partial charge on any atom is -0.286 e. The lowest BCUT2D eigenvalue weighted by molar-refractivity contribution is 0.134. The minimum atomic E-state index is 0.436. The topological polar surface area (TPSA) is 25.2 Å². The van der Waals surface area contributed by atoms with Gasteiger partial charge in [0, 0.05) is 22.9 Å². The van der Waals surface area contributed by atoms with Crippen LogP contribution in [0.3, 0.4) is 0 Å². The number of aryl methyl sites for hydroxylation is 2. The van der Waals surface area contributed by atoms with Gasteiger partial charge in [-0.25, -0.2) is 0 Å². The van der Waals surface area contributed by atoms with Crippen molar-refractivity contribution in [3.8, 4) is 0 Å². The van der Waals surface area contributed by atoms with Crippen LogP contribution in [-0.2, 0) is 0 Å². The maximum absolute atomic E-state index is 5.06. The Morgan fingerprint density at radius 3 is 2.67 bits per heavy atom. The third-order valence-electron chi connectivity index (χ3n) is 5.93. The number of pyridine rings is 1. The second-order valence-corrected chi connectivity index (χ2v) is 7.95. The summed E-state index contributed by atoms with van der Waals surface area (Å²) in [5.74, 6) is 0. The molecule has 24 heavy (non-hydrogen) atoms. The lowest BCUT2D eigenvalue weighted by Crippen LogP contribution is -2.30. The second kappa shape index (κ2) is 6.66.